The molecular weight excluding hydrogens is 364 g/mol. The number of aromatic nitrogens is 5. The molecule has 0 spiro atoms. The van der Waals surface area contributed by atoms with E-state index < -0.39 is 0 Å². The van der Waals surface area contributed by atoms with Crippen LogP contribution in [-0.4, -0.2) is 30.2 Å². The molecular formula is C18H16N6O2S. The molecule has 9 heteroatoms. The molecule has 4 rings (SSSR count). The van der Waals surface area contributed by atoms with Gasteiger partial charge in [0, 0.05) is 24.5 Å². The minimum Gasteiger partial charge on any atom is -0.300 e. The normalized spacial score (nSPS) is 11.0. The molecule has 0 saturated carbocycles. The first kappa shape index (κ1) is 17.1. The van der Waals surface area contributed by atoms with Crippen LogP contribution in [0.4, 0.5) is 5.13 Å². The van der Waals surface area contributed by atoms with Crippen molar-refractivity contribution in [1.82, 2.24) is 24.3 Å². The van der Waals surface area contributed by atoms with Crippen molar-refractivity contribution >= 4 is 33.4 Å². The summed E-state index contributed by atoms with van der Waals surface area (Å²) in [5, 5.41) is 7.64. The Morgan fingerprint density at radius 2 is 2.00 bits per heavy atom. The first-order valence-electron chi connectivity index (χ1n) is 8.26. The van der Waals surface area contributed by atoms with E-state index in [1.807, 2.05) is 30.3 Å². The minimum atomic E-state index is -0.331. The first-order valence-corrected chi connectivity index (χ1v) is 9.07. The second-order valence-corrected chi connectivity index (χ2v) is 7.14. The molecule has 0 unspecified atom stereocenters. The molecule has 8 nitrogen and oxygen atoms in total. The number of thiazole rings is 1. The van der Waals surface area contributed by atoms with E-state index in [0.717, 1.165) is 11.3 Å². The van der Waals surface area contributed by atoms with Crippen molar-refractivity contribution in [3.63, 3.8) is 0 Å². The van der Waals surface area contributed by atoms with Gasteiger partial charge in [0.25, 0.3) is 5.56 Å². The largest absolute Gasteiger partial charge is 0.300 e. The molecule has 0 aliphatic heterocycles. The Kier molecular flexibility index (Phi) is 4.51. The smallest absolute Gasteiger partial charge is 0.264 e. The van der Waals surface area contributed by atoms with Gasteiger partial charge in [-0.2, -0.15) is 5.10 Å². The molecule has 136 valence electrons. The number of carbonyl (C=O) groups excluding carboxylic acids is 1. The summed E-state index contributed by atoms with van der Waals surface area (Å²) in [5.41, 5.74) is 1.37. The third-order valence-electron chi connectivity index (χ3n) is 4.05. The number of benzene rings is 1. The summed E-state index contributed by atoms with van der Waals surface area (Å²) in [6, 6.07) is 10.0. The highest BCUT2D eigenvalue weighted by atomic mass is 32.1. The SMILES string of the molecule is Cn1ncc2c(=O)n(CC(=O)Nc3ncc(Cc4ccccc4)s3)cnc21. The molecule has 1 aromatic carbocycles. The van der Waals surface area contributed by atoms with E-state index in [2.05, 4.69) is 20.4 Å². The Morgan fingerprint density at radius 1 is 1.19 bits per heavy atom. The van der Waals surface area contributed by atoms with E-state index in [0.29, 0.717) is 16.2 Å². The van der Waals surface area contributed by atoms with Crippen LogP contribution in [0.25, 0.3) is 11.0 Å². The number of nitrogens with zero attached hydrogens (tertiary/aromatic N) is 5. The maximum Gasteiger partial charge on any atom is 0.264 e. The van der Waals surface area contributed by atoms with Crippen molar-refractivity contribution in [2.45, 2.75) is 13.0 Å². The molecule has 0 fully saturated rings. The van der Waals surface area contributed by atoms with Gasteiger partial charge < -0.3 is 5.32 Å². The lowest BCUT2D eigenvalue weighted by Crippen LogP contribution is -2.27. The molecule has 0 atom stereocenters. The fraction of sp³-hybridized carbons (Fsp3) is 0.167. The van der Waals surface area contributed by atoms with Crippen LogP contribution >= 0.6 is 11.3 Å². The molecule has 1 amide bonds. The summed E-state index contributed by atoms with van der Waals surface area (Å²) < 4.78 is 2.78. The molecule has 0 aliphatic rings. The zero-order chi connectivity index (χ0) is 18.8. The second kappa shape index (κ2) is 7.12. The average molecular weight is 380 g/mol. The van der Waals surface area contributed by atoms with Gasteiger partial charge in [-0.25, -0.2) is 9.97 Å². The summed E-state index contributed by atoms with van der Waals surface area (Å²) >= 11 is 1.42. The zero-order valence-electron chi connectivity index (χ0n) is 14.5. The van der Waals surface area contributed by atoms with Crippen LogP contribution in [0.1, 0.15) is 10.4 Å². The summed E-state index contributed by atoms with van der Waals surface area (Å²) in [7, 11) is 1.71. The minimum absolute atomic E-state index is 0.135. The summed E-state index contributed by atoms with van der Waals surface area (Å²) in [4.78, 5) is 34.2. The van der Waals surface area contributed by atoms with Crippen LogP contribution in [0.5, 0.6) is 0 Å². The van der Waals surface area contributed by atoms with Crippen LogP contribution < -0.4 is 10.9 Å². The van der Waals surface area contributed by atoms with Crippen molar-refractivity contribution in [2.75, 3.05) is 5.32 Å². The Hall–Kier alpha value is -3.33. The lowest BCUT2D eigenvalue weighted by molar-refractivity contribution is -0.116. The zero-order valence-corrected chi connectivity index (χ0v) is 15.3. The molecule has 4 aromatic rings. The highest BCUT2D eigenvalue weighted by Gasteiger charge is 2.12. The maximum atomic E-state index is 12.4. The maximum absolute atomic E-state index is 12.4. The number of carbonyl (C=O) groups is 1. The van der Waals surface area contributed by atoms with Gasteiger partial charge in [0.2, 0.25) is 5.91 Å². The lowest BCUT2D eigenvalue weighted by atomic mass is 10.1. The van der Waals surface area contributed by atoms with Crippen molar-refractivity contribution in [3.8, 4) is 0 Å². The highest BCUT2D eigenvalue weighted by molar-refractivity contribution is 7.15. The van der Waals surface area contributed by atoms with Crippen molar-refractivity contribution in [3.05, 3.63) is 69.8 Å². The number of rotatable bonds is 5. The molecule has 0 aliphatic carbocycles. The number of hydrogen-bond donors (Lipinski definition) is 1. The fourth-order valence-electron chi connectivity index (χ4n) is 2.74. The van der Waals surface area contributed by atoms with Gasteiger partial charge >= 0.3 is 0 Å². The molecule has 0 saturated heterocycles. The van der Waals surface area contributed by atoms with E-state index in [1.165, 1.54) is 38.7 Å². The van der Waals surface area contributed by atoms with Gasteiger partial charge in [0.05, 0.1) is 6.20 Å². The van der Waals surface area contributed by atoms with Gasteiger partial charge in [0.1, 0.15) is 18.3 Å². The van der Waals surface area contributed by atoms with E-state index >= 15 is 0 Å². The Labute approximate surface area is 158 Å². The van der Waals surface area contributed by atoms with Crippen molar-refractivity contribution in [1.29, 1.82) is 0 Å². The number of fused-ring (bicyclic) bond motifs is 1. The van der Waals surface area contributed by atoms with E-state index in [4.69, 9.17) is 0 Å². The molecule has 0 bridgehead atoms. The molecule has 3 heterocycles. The molecule has 3 aromatic heterocycles. The highest BCUT2D eigenvalue weighted by Crippen LogP contribution is 2.21. The van der Waals surface area contributed by atoms with E-state index in [-0.39, 0.29) is 18.0 Å². The quantitative estimate of drug-likeness (QED) is 0.570. The van der Waals surface area contributed by atoms with Crippen LogP contribution in [0.3, 0.4) is 0 Å². The third kappa shape index (κ3) is 3.63. The van der Waals surface area contributed by atoms with Crippen LogP contribution in [0, 0.1) is 0 Å². The Bertz CT molecular complexity index is 1160. The van der Waals surface area contributed by atoms with Crippen LogP contribution in [0.2, 0.25) is 0 Å². The standard InChI is InChI=1S/C18H16N6O2S/c1-23-16-14(9-21-23)17(26)24(11-20-16)10-15(25)22-18-19-8-13(27-18)7-12-5-3-2-4-6-12/h2-6,8-9,11H,7,10H2,1H3,(H,19,22,25). The van der Waals surface area contributed by atoms with E-state index in [1.54, 1.807) is 13.2 Å². The Morgan fingerprint density at radius 3 is 2.81 bits per heavy atom. The summed E-state index contributed by atoms with van der Waals surface area (Å²) in [6.45, 7) is -0.135. The third-order valence-corrected chi connectivity index (χ3v) is 4.97. The summed E-state index contributed by atoms with van der Waals surface area (Å²) in [6.07, 6.45) is 5.32. The first-order chi connectivity index (χ1) is 13.1. The average Bonchev–Trinajstić information content (AvgIpc) is 3.25. The molecule has 0 radical (unpaired) electrons. The second-order valence-electron chi connectivity index (χ2n) is 6.03. The lowest BCUT2D eigenvalue weighted by Gasteiger charge is -2.05. The predicted octanol–water partition coefficient (Wildman–Crippen LogP) is 1.82. The summed E-state index contributed by atoms with van der Waals surface area (Å²) in [5.74, 6) is -0.331. The number of aryl methyl sites for hydroxylation is 1. The van der Waals surface area contributed by atoms with Crippen LogP contribution in [-0.2, 0) is 24.8 Å². The van der Waals surface area contributed by atoms with Gasteiger partial charge in [-0.15, -0.1) is 11.3 Å². The van der Waals surface area contributed by atoms with Crippen molar-refractivity contribution < 1.29 is 4.79 Å². The predicted molar refractivity (Wildman–Crippen MR) is 103 cm³/mol. The number of amides is 1. The van der Waals surface area contributed by atoms with Gasteiger partial charge in [-0.1, -0.05) is 30.3 Å². The van der Waals surface area contributed by atoms with Crippen LogP contribution in [0.15, 0.2) is 53.8 Å². The van der Waals surface area contributed by atoms with E-state index in [9.17, 15) is 9.59 Å². The number of nitrogens with one attached hydrogen (secondary N) is 1. The van der Waals surface area contributed by atoms with Crippen molar-refractivity contribution in [2.24, 2.45) is 7.05 Å². The number of hydrogen-bond acceptors (Lipinski definition) is 6. The Balaban J connectivity index is 1.44. The molecule has 1 N–H and O–H groups in total. The topological polar surface area (TPSA) is 94.7 Å². The van der Waals surface area contributed by atoms with Gasteiger partial charge in [0.15, 0.2) is 10.8 Å². The monoisotopic (exact) mass is 380 g/mol. The van der Waals surface area contributed by atoms with Gasteiger partial charge in [-0.05, 0) is 5.56 Å². The molecule has 27 heavy (non-hydrogen) atoms. The number of anilines is 1. The fourth-order valence-corrected chi connectivity index (χ4v) is 3.60. The van der Waals surface area contributed by atoms with Gasteiger partial charge in [-0.3, -0.25) is 18.8 Å².